The number of sulfone groups is 1. The van der Waals surface area contributed by atoms with Crippen molar-refractivity contribution in [2.24, 2.45) is 0 Å². The number of thioether (sulfide) groups is 1. The molecule has 164 valence electrons. The summed E-state index contributed by atoms with van der Waals surface area (Å²) >= 11 is 1.08. The number of nitrogens with zero attached hydrogens (tertiary/aromatic N) is 3. The highest BCUT2D eigenvalue weighted by Crippen LogP contribution is 2.29. The lowest BCUT2D eigenvalue weighted by Crippen LogP contribution is -2.44. The second-order valence-corrected chi connectivity index (χ2v) is 10.2. The van der Waals surface area contributed by atoms with E-state index >= 15 is 0 Å². The van der Waals surface area contributed by atoms with Crippen LogP contribution in [0.5, 0.6) is 5.75 Å². The number of alkyl halides is 2. The van der Waals surface area contributed by atoms with E-state index < -0.39 is 21.7 Å². The van der Waals surface area contributed by atoms with Crippen molar-refractivity contribution in [2.75, 3.05) is 18.1 Å². The fraction of sp³-hybridized carbons (Fsp3) is 0.500. The van der Waals surface area contributed by atoms with Gasteiger partial charge in [0.2, 0.25) is 11.8 Å². The van der Waals surface area contributed by atoms with Gasteiger partial charge in [0.1, 0.15) is 5.75 Å². The number of hydrogen-bond donors (Lipinski definition) is 0. The topological polar surface area (TPSA) is 103 Å². The third-order valence-corrected chi connectivity index (χ3v) is 7.30. The van der Waals surface area contributed by atoms with Crippen LogP contribution in [-0.2, 0) is 14.6 Å². The maximum absolute atomic E-state index is 12.8. The molecule has 2 heterocycles. The summed E-state index contributed by atoms with van der Waals surface area (Å²) in [5.41, 5.74) is 0.515. The van der Waals surface area contributed by atoms with Crippen LogP contribution in [0.2, 0.25) is 0 Å². The molecule has 1 fully saturated rings. The van der Waals surface area contributed by atoms with Crippen molar-refractivity contribution < 1.29 is 31.1 Å². The SMILES string of the molecule is CCN(C(=O)[C@@H](C)Sc1nnc(-c2ccc(OC(F)F)cc2)o1)[C@H]1CCS(=O)(=O)C1. The van der Waals surface area contributed by atoms with Crippen LogP contribution in [0.3, 0.4) is 0 Å². The smallest absolute Gasteiger partial charge is 0.387 e. The van der Waals surface area contributed by atoms with Crippen LogP contribution in [0, 0.1) is 0 Å². The van der Waals surface area contributed by atoms with E-state index in [-0.39, 0.29) is 40.3 Å². The summed E-state index contributed by atoms with van der Waals surface area (Å²) in [6.07, 6.45) is 0.440. The number of carbonyl (C=O) groups is 1. The molecule has 1 aromatic carbocycles. The molecule has 1 aromatic heterocycles. The highest BCUT2D eigenvalue weighted by Gasteiger charge is 2.35. The van der Waals surface area contributed by atoms with Crippen LogP contribution in [-0.4, -0.2) is 65.4 Å². The van der Waals surface area contributed by atoms with Gasteiger partial charge >= 0.3 is 6.61 Å². The molecule has 3 rings (SSSR count). The van der Waals surface area contributed by atoms with Crippen molar-refractivity contribution >= 4 is 27.5 Å². The summed E-state index contributed by atoms with van der Waals surface area (Å²) in [5.74, 6) is 0.0698. The first-order valence-corrected chi connectivity index (χ1v) is 11.9. The van der Waals surface area contributed by atoms with Gasteiger partial charge in [-0.25, -0.2) is 8.42 Å². The zero-order chi connectivity index (χ0) is 21.9. The van der Waals surface area contributed by atoms with E-state index in [0.29, 0.717) is 18.5 Å². The molecule has 0 bridgehead atoms. The van der Waals surface area contributed by atoms with E-state index in [1.165, 1.54) is 24.3 Å². The first-order valence-electron chi connectivity index (χ1n) is 9.25. The molecule has 8 nitrogen and oxygen atoms in total. The normalized spacial score (nSPS) is 19.0. The van der Waals surface area contributed by atoms with Crippen molar-refractivity contribution in [2.45, 2.75) is 43.4 Å². The number of rotatable bonds is 8. The van der Waals surface area contributed by atoms with E-state index in [1.54, 1.807) is 11.8 Å². The lowest BCUT2D eigenvalue weighted by Gasteiger charge is -2.28. The first-order chi connectivity index (χ1) is 14.2. The zero-order valence-corrected chi connectivity index (χ0v) is 18.0. The molecule has 1 saturated heterocycles. The number of halogens is 2. The molecular weight excluding hydrogens is 440 g/mol. The van der Waals surface area contributed by atoms with E-state index in [2.05, 4.69) is 14.9 Å². The van der Waals surface area contributed by atoms with Crippen LogP contribution in [0.1, 0.15) is 20.3 Å². The largest absolute Gasteiger partial charge is 0.435 e. The number of benzene rings is 1. The van der Waals surface area contributed by atoms with Crippen molar-refractivity contribution in [1.29, 1.82) is 0 Å². The lowest BCUT2D eigenvalue weighted by atomic mass is 10.2. The minimum absolute atomic E-state index is 0.00988. The number of aromatic nitrogens is 2. The second kappa shape index (κ2) is 9.29. The molecule has 2 aromatic rings. The molecule has 0 aliphatic carbocycles. The lowest BCUT2D eigenvalue weighted by molar-refractivity contribution is -0.131. The molecule has 0 N–H and O–H groups in total. The Hall–Kier alpha value is -2.21. The summed E-state index contributed by atoms with van der Waals surface area (Å²) in [6.45, 7) is 1.01. The van der Waals surface area contributed by atoms with E-state index in [1.807, 2.05) is 6.92 Å². The summed E-state index contributed by atoms with van der Waals surface area (Å²) in [4.78, 5) is 14.4. The van der Waals surface area contributed by atoms with Gasteiger partial charge in [-0.2, -0.15) is 8.78 Å². The molecule has 1 amide bonds. The van der Waals surface area contributed by atoms with Crippen LogP contribution >= 0.6 is 11.8 Å². The minimum atomic E-state index is -3.10. The molecule has 0 spiro atoms. The highest BCUT2D eigenvalue weighted by molar-refractivity contribution is 8.00. The Kier molecular flexibility index (Phi) is 6.96. The quantitative estimate of drug-likeness (QED) is 0.553. The van der Waals surface area contributed by atoms with E-state index in [0.717, 1.165) is 11.8 Å². The van der Waals surface area contributed by atoms with Crippen molar-refractivity contribution in [3.63, 3.8) is 0 Å². The zero-order valence-electron chi connectivity index (χ0n) is 16.3. The molecule has 12 heteroatoms. The fourth-order valence-electron chi connectivity index (χ4n) is 3.20. The van der Waals surface area contributed by atoms with Gasteiger partial charge in [0.15, 0.2) is 9.84 Å². The molecule has 1 aliphatic rings. The molecular formula is C18H21F2N3O5S2. The maximum atomic E-state index is 12.8. The number of carbonyl (C=O) groups excluding carboxylic acids is 1. The van der Waals surface area contributed by atoms with Crippen molar-refractivity contribution in [1.82, 2.24) is 15.1 Å². The summed E-state index contributed by atoms with van der Waals surface area (Å²) in [6, 6.07) is 5.42. The number of hydrogen-bond acceptors (Lipinski definition) is 8. The third kappa shape index (κ3) is 5.48. The van der Waals surface area contributed by atoms with Crippen LogP contribution < -0.4 is 4.74 Å². The van der Waals surface area contributed by atoms with Gasteiger partial charge in [-0.3, -0.25) is 4.79 Å². The molecule has 1 aliphatic heterocycles. The maximum Gasteiger partial charge on any atom is 0.387 e. The Labute approximate surface area is 176 Å². The minimum Gasteiger partial charge on any atom is -0.435 e. The Bertz CT molecular complexity index is 982. The molecule has 0 unspecified atom stereocenters. The average Bonchev–Trinajstić information content (AvgIpc) is 3.28. The van der Waals surface area contributed by atoms with Crippen molar-refractivity contribution in [3.8, 4) is 17.2 Å². The predicted octanol–water partition coefficient (Wildman–Crippen LogP) is 2.85. The highest BCUT2D eigenvalue weighted by atomic mass is 32.2. The van der Waals surface area contributed by atoms with Gasteiger partial charge in [0, 0.05) is 18.2 Å². The van der Waals surface area contributed by atoms with E-state index in [4.69, 9.17) is 4.42 Å². The van der Waals surface area contributed by atoms with Gasteiger partial charge in [-0.05, 0) is 44.5 Å². The number of amides is 1. The second-order valence-electron chi connectivity index (χ2n) is 6.72. The van der Waals surface area contributed by atoms with Crippen molar-refractivity contribution in [3.05, 3.63) is 24.3 Å². The Morgan fingerprint density at radius 3 is 2.60 bits per heavy atom. The average molecular weight is 462 g/mol. The van der Waals surface area contributed by atoms with Gasteiger partial charge in [-0.1, -0.05) is 11.8 Å². The predicted molar refractivity (Wildman–Crippen MR) is 106 cm³/mol. The molecule has 0 radical (unpaired) electrons. The molecule has 0 saturated carbocycles. The number of ether oxygens (including phenoxy) is 1. The van der Waals surface area contributed by atoms with Crippen LogP contribution in [0.4, 0.5) is 8.78 Å². The molecule has 30 heavy (non-hydrogen) atoms. The monoisotopic (exact) mass is 461 g/mol. The van der Waals surface area contributed by atoms with Crippen LogP contribution in [0.15, 0.2) is 33.9 Å². The third-order valence-electron chi connectivity index (χ3n) is 4.63. The Morgan fingerprint density at radius 1 is 1.33 bits per heavy atom. The fourth-order valence-corrected chi connectivity index (χ4v) is 5.69. The summed E-state index contributed by atoms with van der Waals surface area (Å²) in [7, 11) is -3.10. The van der Waals surface area contributed by atoms with Gasteiger partial charge in [-0.15, -0.1) is 10.2 Å². The Balaban J connectivity index is 1.64. The molecule has 2 atom stereocenters. The van der Waals surface area contributed by atoms with Gasteiger partial charge in [0.25, 0.3) is 5.22 Å². The van der Waals surface area contributed by atoms with Gasteiger partial charge < -0.3 is 14.1 Å². The van der Waals surface area contributed by atoms with E-state index in [9.17, 15) is 22.0 Å². The standard InChI is InChI=1S/C18H21F2N3O5S2/c1-3-23(13-8-9-30(25,26)10-13)16(24)11(2)29-18-22-21-15(28-18)12-4-6-14(7-5-12)27-17(19)20/h4-7,11,13,17H,3,8-10H2,1-2H3/t11-,13+/m1/s1. The van der Waals surface area contributed by atoms with Crippen LogP contribution in [0.25, 0.3) is 11.5 Å². The summed E-state index contributed by atoms with van der Waals surface area (Å²) < 4.78 is 57.8. The Morgan fingerprint density at radius 2 is 2.03 bits per heavy atom. The van der Waals surface area contributed by atoms with Gasteiger partial charge in [0.05, 0.1) is 16.8 Å². The first kappa shape index (κ1) is 22.5. The summed E-state index contributed by atoms with van der Waals surface area (Å²) in [5, 5.41) is 7.46.